The zero-order chi connectivity index (χ0) is 23.8. The van der Waals surface area contributed by atoms with E-state index in [1.807, 2.05) is 0 Å². The van der Waals surface area contributed by atoms with Crippen molar-refractivity contribution in [2.75, 3.05) is 5.73 Å². The Morgan fingerprint density at radius 2 is 1.80 bits per heavy atom. The number of nitrogens with two attached hydrogens (primary N) is 1. The van der Waals surface area contributed by atoms with Crippen molar-refractivity contribution < 1.29 is 18.6 Å². The van der Waals surface area contributed by atoms with Crippen molar-refractivity contribution in [3.8, 4) is 0 Å². The van der Waals surface area contributed by atoms with Crippen molar-refractivity contribution in [3.05, 3.63) is 56.0 Å². The van der Waals surface area contributed by atoms with Gasteiger partial charge in [0, 0.05) is 26.1 Å². The van der Waals surface area contributed by atoms with E-state index >= 15 is 0 Å². The summed E-state index contributed by atoms with van der Waals surface area (Å²) in [6.07, 6.45) is -1.20. The summed E-state index contributed by atoms with van der Waals surface area (Å²) in [6, 6.07) is -1.32. The Bertz CT molecular complexity index is 971. The summed E-state index contributed by atoms with van der Waals surface area (Å²) in [5.74, 6) is 0. The SMILES string of the molecule is [2H]c1nc(Cl)c(N)c(C([2H])([2H])[2H])c1[2H].[2H]c1nc(Cl)c([N+](=O)[O-])c(C([2H])([2H])[2H])c1[2H]. The van der Waals surface area contributed by atoms with Gasteiger partial charge in [0.15, 0.2) is 5.15 Å². The van der Waals surface area contributed by atoms with Crippen molar-refractivity contribution in [2.24, 2.45) is 0 Å². The summed E-state index contributed by atoms with van der Waals surface area (Å²) >= 11 is 10.9. The first kappa shape index (κ1) is 6.69. The number of halogens is 2. The van der Waals surface area contributed by atoms with Gasteiger partial charge in [0.2, 0.25) is 5.15 Å². The first-order valence-corrected chi connectivity index (χ1v) is 5.41. The summed E-state index contributed by atoms with van der Waals surface area (Å²) in [5, 5.41) is 9.69. The van der Waals surface area contributed by atoms with Crippen LogP contribution >= 0.6 is 23.2 Å². The predicted molar refractivity (Wildman–Crippen MR) is 79.0 cm³/mol. The van der Waals surface area contributed by atoms with Crippen LogP contribution in [0, 0.1) is 23.8 Å². The smallest absolute Gasteiger partial charge is 0.309 e. The normalized spacial score (nSPS) is 18.1. The van der Waals surface area contributed by atoms with Gasteiger partial charge in [-0.15, -0.1) is 0 Å². The Morgan fingerprint density at radius 1 is 1.25 bits per heavy atom. The monoisotopic (exact) mass is 324 g/mol. The van der Waals surface area contributed by atoms with Gasteiger partial charge in [0.05, 0.1) is 16.1 Å². The van der Waals surface area contributed by atoms with Crippen LogP contribution in [-0.2, 0) is 0 Å². The lowest BCUT2D eigenvalue weighted by molar-refractivity contribution is -0.385. The van der Waals surface area contributed by atoms with Crippen LogP contribution in [0.5, 0.6) is 0 Å². The first-order chi connectivity index (χ1) is 13.4. The average molecular weight is 325 g/mol. The van der Waals surface area contributed by atoms with Gasteiger partial charge in [-0.2, -0.15) is 0 Å². The third-order valence-electron chi connectivity index (χ3n) is 1.78. The predicted octanol–water partition coefficient (Wildman–Crippen LogP) is 3.58. The van der Waals surface area contributed by atoms with E-state index in [1.54, 1.807) is 0 Å². The molecule has 106 valence electrons. The number of hydrogen-bond donors (Lipinski definition) is 1. The van der Waals surface area contributed by atoms with Crippen LogP contribution in [0.2, 0.25) is 10.3 Å². The molecule has 0 bridgehead atoms. The van der Waals surface area contributed by atoms with Gasteiger partial charge in [-0.3, -0.25) is 10.1 Å². The maximum Gasteiger partial charge on any atom is 0.309 e. The molecular weight excluding hydrogens is 303 g/mol. The molecule has 20 heavy (non-hydrogen) atoms. The summed E-state index contributed by atoms with van der Waals surface area (Å²) in [4.78, 5) is 16.3. The number of anilines is 1. The second kappa shape index (κ2) is 7.02. The highest BCUT2D eigenvalue weighted by atomic mass is 35.5. The highest BCUT2D eigenvalue weighted by molar-refractivity contribution is 6.32. The van der Waals surface area contributed by atoms with Crippen molar-refractivity contribution >= 4 is 34.6 Å². The topological polar surface area (TPSA) is 94.9 Å². The third kappa shape index (κ3) is 4.04. The number of nitrogens with zero attached hydrogens (tertiary/aromatic N) is 3. The fourth-order valence-corrected chi connectivity index (χ4v) is 1.22. The minimum atomic E-state index is -2.89. The second-order valence-corrected chi connectivity index (χ2v) is 3.76. The number of hydrogen-bond acceptors (Lipinski definition) is 5. The van der Waals surface area contributed by atoms with E-state index in [4.69, 9.17) is 42.6 Å². The van der Waals surface area contributed by atoms with Crippen LogP contribution < -0.4 is 5.73 Å². The van der Waals surface area contributed by atoms with E-state index in [0.717, 1.165) is 0 Å². The Hall–Kier alpha value is -1.92. The van der Waals surface area contributed by atoms with Crippen molar-refractivity contribution in [1.29, 1.82) is 0 Å². The Balaban J connectivity index is 0.000000303. The largest absolute Gasteiger partial charge is 0.396 e. The van der Waals surface area contributed by atoms with Gasteiger partial charge in [-0.1, -0.05) is 23.2 Å². The average Bonchev–Trinajstić information content (AvgIpc) is 2.54. The van der Waals surface area contributed by atoms with Gasteiger partial charge in [-0.05, 0) is 31.4 Å². The highest BCUT2D eigenvalue weighted by Crippen LogP contribution is 2.24. The van der Waals surface area contributed by atoms with E-state index in [1.165, 1.54) is 0 Å². The molecule has 0 spiro atoms. The zero-order valence-electron chi connectivity index (χ0n) is 19.5. The van der Waals surface area contributed by atoms with Gasteiger partial charge < -0.3 is 5.73 Å². The molecule has 2 aromatic heterocycles. The molecule has 0 amide bonds. The van der Waals surface area contributed by atoms with Gasteiger partial charge in [0.1, 0.15) is 0 Å². The lowest BCUT2D eigenvalue weighted by Gasteiger charge is -1.97. The fourth-order valence-electron chi connectivity index (χ4n) is 0.878. The van der Waals surface area contributed by atoms with Crippen LogP contribution in [-0.4, -0.2) is 14.9 Å². The molecule has 0 aliphatic heterocycles. The van der Waals surface area contributed by atoms with Gasteiger partial charge in [0.25, 0.3) is 0 Å². The molecular formula is C12H12Cl2N4O2. The molecule has 0 fully saturated rings. The third-order valence-corrected chi connectivity index (χ3v) is 2.33. The lowest BCUT2D eigenvalue weighted by atomic mass is 10.3. The second-order valence-electron chi connectivity index (χ2n) is 3.05. The molecule has 6 nitrogen and oxygen atoms in total. The molecule has 8 heteroatoms. The first-order valence-electron chi connectivity index (χ1n) is 9.65. The minimum Gasteiger partial charge on any atom is -0.396 e. The van der Waals surface area contributed by atoms with Crippen molar-refractivity contribution in [3.63, 3.8) is 0 Å². The molecule has 0 saturated carbocycles. The van der Waals surface area contributed by atoms with Gasteiger partial charge >= 0.3 is 5.69 Å². The Labute approximate surface area is 139 Å². The fraction of sp³-hybridized carbons (Fsp3) is 0.167. The molecule has 0 aromatic carbocycles. The number of pyridine rings is 2. The van der Waals surface area contributed by atoms with Crippen LogP contribution in [0.1, 0.15) is 24.8 Å². The summed E-state index contributed by atoms with van der Waals surface area (Å²) < 4.78 is 71.6. The quantitative estimate of drug-likeness (QED) is 0.491. The summed E-state index contributed by atoms with van der Waals surface area (Å²) in [7, 11) is 0. The van der Waals surface area contributed by atoms with Crippen LogP contribution in [0.4, 0.5) is 11.4 Å². The van der Waals surface area contributed by atoms with Crippen molar-refractivity contribution in [1.82, 2.24) is 9.97 Å². The standard InChI is InChI=1S/C6H5ClN2O2.C6H7ClN2/c1-4-2-3-8-6(7)5(4)9(10)11;1-4-2-3-9-6(7)5(4)8/h2-3H,1H3;2-3H,8H2,1H3/i2*1D3,2D,3D. The molecule has 0 saturated heterocycles. The van der Waals surface area contributed by atoms with Crippen molar-refractivity contribution in [2.45, 2.75) is 13.7 Å². The molecule has 0 aliphatic carbocycles. The number of nitro groups is 1. The van der Waals surface area contributed by atoms with E-state index < -0.39 is 65.0 Å². The molecule has 0 unspecified atom stereocenters. The van der Waals surface area contributed by atoms with E-state index in [9.17, 15) is 10.1 Å². The summed E-state index contributed by atoms with van der Waals surface area (Å²) in [6.45, 7) is -5.44. The van der Waals surface area contributed by atoms with Crippen LogP contribution in [0.15, 0.2) is 24.4 Å². The van der Waals surface area contributed by atoms with Crippen LogP contribution in [0.3, 0.4) is 0 Å². The molecule has 0 aliphatic rings. The van der Waals surface area contributed by atoms with E-state index in [2.05, 4.69) is 9.97 Å². The Morgan fingerprint density at radius 3 is 2.35 bits per heavy atom. The maximum absolute atomic E-state index is 10.6. The molecule has 2 N–H and O–H groups in total. The Kier molecular flexibility index (Phi) is 2.35. The van der Waals surface area contributed by atoms with E-state index in [0.29, 0.717) is 0 Å². The van der Waals surface area contributed by atoms with E-state index in [-0.39, 0.29) is 10.8 Å². The van der Waals surface area contributed by atoms with Gasteiger partial charge in [-0.25, -0.2) is 9.97 Å². The zero-order valence-corrected chi connectivity index (χ0v) is 11.0. The van der Waals surface area contributed by atoms with Crippen LogP contribution in [0.25, 0.3) is 0 Å². The molecule has 2 heterocycles. The number of rotatable bonds is 1. The minimum absolute atomic E-state index is 0.253. The molecule has 2 aromatic rings. The molecule has 2 rings (SSSR count). The molecule has 0 radical (unpaired) electrons. The number of nitrogen functional groups attached to an aromatic ring is 1. The lowest BCUT2D eigenvalue weighted by Crippen LogP contribution is -1.93. The number of aromatic nitrogens is 2. The highest BCUT2D eigenvalue weighted by Gasteiger charge is 2.15. The molecule has 0 atom stereocenters. The summed E-state index contributed by atoms with van der Waals surface area (Å²) in [5.41, 5.74) is 2.91. The maximum atomic E-state index is 10.6.